The van der Waals surface area contributed by atoms with Crippen LogP contribution in [0.2, 0.25) is 0 Å². The molecule has 0 amide bonds. The molecule has 2 aromatic carbocycles. The smallest absolute Gasteiger partial charge is 0.350 e. The zero-order valence-corrected chi connectivity index (χ0v) is 37.7. The fourth-order valence-electron chi connectivity index (χ4n) is 7.94. The van der Waals surface area contributed by atoms with E-state index < -0.39 is 18.4 Å². The minimum atomic E-state index is -1.31. The summed E-state index contributed by atoms with van der Waals surface area (Å²) in [7, 11) is 2.23. The average Bonchev–Trinajstić information content (AvgIpc) is 3.10. The summed E-state index contributed by atoms with van der Waals surface area (Å²) in [6.45, 7) is 25.3. The number of hydrogen-bond donors (Lipinski definition) is 4. The Balaban J connectivity index is 0.00000103. The van der Waals surface area contributed by atoms with Crippen molar-refractivity contribution < 1.29 is 51.4 Å². The largest absolute Gasteiger partial charge is 0.507 e. The zero-order chi connectivity index (χ0) is 42.3. The van der Waals surface area contributed by atoms with Crippen molar-refractivity contribution in [2.45, 2.75) is 148 Å². The maximum atomic E-state index is 11.6. The van der Waals surface area contributed by atoms with Gasteiger partial charge in [-0.2, -0.15) is 0 Å². The molecule has 12 heteroatoms. The van der Waals surface area contributed by atoms with Crippen LogP contribution in [0, 0.1) is 0 Å². The van der Waals surface area contributed by atoms with E-state index in [9.17, 15) is 19.8 Å². The molecule has 2 aromatic rings. The second-order valence-electron chi connectivity index (χ2n) is 19.2. The van der Waals surface area contributed by atoms with Crippen LogP contribution in [0.25, 0.3) is 0 Å². The number of carbonyl (C=O) groups is 2. The van der Waals surface area contributed by atoms with Gasteiger partial charge < -0.3 is 20.4 Å². The fourth-order valence-corrected chi connectivity index (χ4v) is 7.94. The van der Waals surface area contributed by atoms with Crippen LogP contribution < -0.4 is 0 Å². The van der Waals surface area contributed by atoms with Crippen LogP contribution in [0.1, 0.15) is 147 Å². The van der Waals surface area contributed by atoms with Gasteiger partial charge in [-0.3, -0.25) is 33.9 Å². The van der Waals surface area contributed by atoms with Crippen LogP contribution in [0.4, 0.5) is 0 Å². The van der Waals surface area contributed by atoms with E-state index in [1.165, 1.54) is 29.9 Å². The van der Waals surface area contributed by atoms with Crippen LogP contribution in [0.15, 0.2) is 34.3 Å². The first-order valence-corrected chi connectivity index (χ1v) is 20.9. The Bertz CT molecular complexity index is 1820. The summed E-state index contributed by atoms with van der Waals surface area (Å²) in [5.41, 5.74) is 5.68. The molecular formula is C46H70CoN5O6+. The van der Waals surface area contributed by atoms with E-state index in [1.807, 2.05) is 12.4 Å². The van der Waals surface area contributed by atoms with Gasteiger partial charge in [0.15, 0.2) is 0 Å². The van der Waals surface area contributed by atoms with Gasteiger partial charge in [-0.05, 0) is 70.8 Å². The van der Waals surface area contributed by atoms with E-state index in [2.05, 4.69) is 108 Å². The number of fused-ring (bicyclic) bond motifs is 1. The Morgan fingerprint density at radius 2 is 1.26 bits per heavy atom. The second-order valence-corrected chi connectivity index (χ2v) is 19.2. The number of aromatic hydroxyl groups is 2. The van der Waals surface area contributed by atoms with Gasteiger partial charge in [-0.1, -0.05) is 87.3 Å². The van der Waals surface area contributed by atoms with Crippen molar-refractivity contribution in [2.75, 3.05) is 39.8 Å². The Labute approximate surface area is 357 Å². The van der Waals surface area contributed by atoms with Gasteiger partial charge in [0.05, 0.1) is 51.9 Å². The first-order valence-electron chi connectivity index (χ1n) is 20.9. The molecule has 1 aliphatic carbocycles. The number of guanidine groups is 1. The predicted octanol–water partition coefficient (Wildman–Crippen LogP) is 7.73. The van der Waals surface area contributed by atoms with Crippen molar-refractivity contribution in [3.63, 3.8) is 0 Å². The van der Waals surface area contributed by atoms with Crippen LogP contribution >= 0.6 is 0 Å². The minimum Gasteiger partial charge on any atom is -0.507 e. The van der Waals surface area contributed by atoms with E-state index in [0.717, 1.165) is 93.5 Å². The van der Waals surface area contributed by atoms with E-state index in [1.54, 1.807) is 0 Å². The van der Waals surface area contributed by atoms with E-state index in [0.29, 0.717) is 11.5 Å². The van der Waals surface area contributed by atoms with Crippen LogP contribution in [-0.2, 0) is 49.0 Å². The molecule has 2 heterocycles. The topological polar surface area (TPSA) is 149 Å². The predicted molar refractivity (Wildman–Crippen MR) is 230 cm³/mol. The zero-order valence-electron chi connectivity index (χ0n) is 36.7. The van der Waals surface area contributed by atoms with E-state index >= 15 is 0 Å². The molecule has 1 radical (unpaired) electrons. The number of nitrogens with zero attached hydrogens (tertiary/aromatic N) is 5. The summed E-state index contributed by atoms with van der Waals surface area (Å²) < 4.78 is 2.42. The van der Waals surface area contributed by atoms with Crippen molar-refractivity contribution in [2.24, 2.45) is 9.98 Å². The number of benzene rings is 2. The molecule has 0 bridgehead atoms. The Morgan fingerprint density at radius 1 is 0.741 bits per heavy atom. The van der Waals surface area contributed by atoms with Gasteiger partial charge in [0, 0.05) is 58.7 Å². The SMILES string of the molecule is C[N+]1=C2N(CCCc3cc(C(C)(C)C)cc(C=NC4CCCCC4N=Cc4cc(C(C)(C)C)cc(C(C)(C)C)c4O)c3O)CCCN2CCC1.O=C(O)CC(=O)O.[Co]. The third-order valence-electron chi connectivity index (χ3n) is 11.3. The molecule has 3 aliphatic rings. The number of carboxylic acid groups (broad SMARTS) is 2. The van der Waals surface area contributed by atoms with Gasteiger partial charge in [0.2, 0.25) is 0 Å². The number of rotatable bonds is 10. The summed E-state index contributed by atoms with van der Waals surface area (Å²) in [6.07, 6.45) is 11.4. The third kappa shape index (κ3) is 13.3. The molecule has 2 aliphatic heterocycles. The van der Waals surface area contributed by atoms with Crippen molar-refractivity contribution in [3.8, 4) is 11.5 Å². The molecule has 0 spiro atoms. The Kier molecular flexibility index (Phi) is 17.0. The van der Waals surface area contributed by atoms with Gasteiger partial charge >= 0.3 is 17.9 Å². The summed E-state index contributed by atoms with van der Waals surface area (Å²) in [5.74, 6) is -0.554. The molecule has 0 aromatic heterocycles. The first kappa shape index (κ1) is 48.5. The molecule has 323 valence electrons. The number of phenolic OH excluding ortho intramolecular Hbond substituents is 2. The molecule has 5 rings (SSSR count). The molecule has 2 atom stereocenters. The third-order valence-corrected chi connectivity index (χ3v) is 11.3. The molecule has 58 heavy (non-hydrogen) atoms. The van der Waals surface area contributed by atoms with Crippen LogP contribution in [0.5, 0.6) is 11.5 Å². The van der Waals surface area contributed by atoms with E-state index in [-0.39, 0.29) is 45.1 Å². The quantitative estimate of drug-likeness (QED) is 0.108. The van der Waals surface area contributed by atoms with Crippen molar-refractivity contribution in [1.29, 1.82) is 0 Å². The maximum absolute atomic E-state index is 11.6. The summed E-state index contributed by atoms with van der Waals surface area (Å²) in [5, 5.41) is 38.4. The average molecular weight is 848 g/mol. The van der Waals surface area contributed by atoms with Gasteiger partial charge in [-0.25, -0.2) is 0 Å². The van der Waals surface area contributed by atoms with E-state index in [4.69, 9.17) is 20.2 Å². The van der Waals surface area contributed by atoms with Crippen molar-refractivity contribution in [1.82, 2.24) is 9.80 Å². The number of aliphatic carboxylic acids is 2. The van der Waals surface area contributed by atoms with Crippen LogP contribution in [0.3, 0.4) is 0 Å². The number of hydrogen-bond acceptors (Lipinski definition) is 8. The molecule has 2 unspecified atom stereocenters. The molecule has 11 nitrogen and oxygen atoms in total. The van der Waals surface area contributed by atoms with Crippen LogP contribution in [-0.4, -0.2) is 117 Å². The Morgan fingerprint density at radius 3 is 1.76 bits per heavy atom. The van der Waals surface area contributed by atoms with Gasteiger partial charge in [0.25, 0.3) is 0 Å². The van der Waals surface area contributed by atoms with Crippen molar-refractivity contribution in [3.05, 3.63) is 57.6 Å². The monoisotopic (exact) mass is 847 g/mol. The molecule has 1 saturated carbocycles. The molecule has 1 saturated heterocycles. The summed E-state index contributed by atoms with van der Waals surface area (Å²) >= 11 is 0. The standard InChI is InChI=1S/C43H65N5O2.C3H4O4.Co/c1-41(2,3)33-24-30(16-13-20-47-22-15-23-48-21-14-19-46(10)40(47)48)38(49)31(25-33)28-44-36-17-11-12-18-37(36)45-29-32-26-34(42(4,5)6)27-35(39(32)50)43(7,8)9;4-2(5)1-3(6)7;/h24-29,36-37H,11-23H2,1-10H3,(H-,44,45,49,50);1H2,(H,4,5)(H,6,7);/p+1. The second kappa shape index (κ2) is 20.4. The molecule has 4 N–H and O–H groups in total. The minimum absolute atomic E-state index is 0. The molecule has 2 fully saturated rings. The number of aryl methyl sites for hydroxylation is 1. The summed E-state index contributed by atoms with van der Waals surface area (Å²) in [4.78, 5) is 34.2. The molecular weight excluding hydrogens is 777 g/mol. The Hall–Kier alpha value is -3.90. The maximum Gasteiger partial charge on any atom is 0.350 e. The number of aliphatic imine (C=N–C) groups is 2. The number of phenols is 2. The normalized spacial score (nSPS) is 19.1. The van der Waals surface area contributed by atoms with Crippen molar-refractivity contribution >= 4 is 30.3 Å². The fraction of sp³-hybridized carbons (Fsp3) is 0.630. The number of carboxylic acids is 2. The van der Waals surface area contributed by atoms with Gasteiger partial charge in [-0.15, -0.1) is 0 Å². The van der Waals surface area contributed by atoms with Gasteiger partial charge in [0.1, 0.15) is 17.9 Å². The first-order chi connectivity index (χ1) is 26.6. The summed E-state index contributed by atoms with van der Waals surface area (Å²) in [6, 6.07) is 8.66.